The third-order valence-corrected chi connectivity index (χ3v) is 0. The Morgan fingerprint density at radius 1 is 0.500 bits per heavy atom. The molecule has 8 heteroatoms. The molecule has 0 aromatic heterocycles. The van der Waals surface area contributed by atoms with Crippen molar-refractivity contribution in [3.05, 3.63) is 0 Å². The van der Waals surface area contributed by atoms with Crippen LogP contribution in [0.2, 0.25) is 0 Å². The second kappa shape index (κ2) is 1710. The molecule has 0 aromatic rings. The number of hydrogen-bond donors (Lipinski definition) is 1. The fourth-order valence-corrected chi connectivity index (χ4v) is 0. The third-order valence-electron chi connectivity index (χ3n) is 0. The molecular formula is H5F6NZr. The van der Waals surface area contributed by atoms with Gasteiger partial charge in [-0.2, -0.15) is 0 Å². The molecule has 0 bridgehead atoms. The fourth-order valence-electron chi connectivity index (χ4n) is 0. The van der Waals surface area contributed by atoms with Crippen molar-refractivity contribution in [2.75, 3.05) is 0 Å². The largest absolute Gasteiger partial charge is 4.00 e. The maximum atomic E-state index is 0. The van der Waals surface area contributed by atoms with Crippen molar-refractivity contribution in [2.45, 2.75) is 0 Å². The van der Waals surface area contributed by atoms with Gasteiger partial charge < -0.3 is 25.0 Å². The van der Waals surface area contributed by atoms with Crippen molar-refractivity contribution in [1.29, 1.82) is 0 Å². The number of rotatable bonds is 0. The summed E-state index contributed by atoms with van der Waals surface area (Å²) in [5, 5.41) is 0. The third kappa shape index (κ3) is 1060. The maximum Gasteiger partial charge on any atom is 4.00 e. The second-order valence-corrected chi connectivity index (χ2v) is 0. The van der Waals surface area contributed by atoms with Gasteiger partial charge in [-0.15, -0.1) is 0 Å². The van der Waals surface area contributed by atoms with Gasteiger partial charge in [0.2, 0.25) is 0 Å². The van der Waals surface area contributed by atoms with Crippen molar-refractivity contribution >= 4 is 0 Å². The molecule has 0 amide bonds. The van der Waals surface area contributed by atoms with Gasteiger partial charge in [0.05, 0.1) is 0 Å². The molecular weight excluding hydrogens is 219 g/mol. The van der Waals surface area contributed by atoms with E-state index in [0.717, 1.165) is 0 Å². The molecule has 0 aromatic carbocycles. The van der Waals surface area contributed by atoms with Crippen LogP contribution in [-0.2, 0) is 26.2 Å². The summed E-state index contributed by atoms with van der Waals surface area (Å²) in [6.07, 6.45) is 0. The first-order valence-electron chi connectivity index (χ1n) is 0. The molecule has 0 atom stereocenters. The Kier molecular flexibility index (Phi) is 554000. The Morgan fingerprint density at radius 2 is 0.500 bits per heavy atom. The van der Waals surface area contributed by atoms with Gasteiger partial charge in [-0.25, -0.2) is 0 Å². The van der Waals surface area contributed by atoms with Gasteiger partial charge in [0.15, 0.2) is 0 Å². The van der Waals surface area contributed by atoms with Crippen molar-refractivity contribution in [3.63, 3.8) is 0 Å². The summed E-state index contributed by atoms with van der Waals surface area (Å²) < 4.78 is 0. The van der Waals surface area contributed by atoms with E-state index in [4.69, 9.17) is 0 Å². The van der Waals surface area contributed by atoms with E-state index in [2.05, 4.69) is 0 Å². The molecule has 0 saturated heterocycles. The molecule has 0 fully saturated rings. The molecule has 0 aliphatic heterocycles. The van der Waals surface area contributed by atoms with E-state index in [1.165, 1.54) is 0 Å². The predicted octanol–water partition coefficient (Wildman–Crippen LogP) is -11.5. The van der Waals surface area contributed by atoms with Crippen molar-refractivity contribution in [3.8, 4) is 0 Å². The molecule has 0 unspecified atom stereocenters. The molecule has 3 N–H and O–H groups in total. The minimum absolute atomic E-state index is 0. The van der Waals surface area contributed by atoms with Gasteiger partial charge >= 0.3 is 26.2 Å². The van der Waals surface area contributed by atoms with Crippen LogP contribution in [0, 0.1) is 0 Å². The van der Waals surface area contributed by atoms with E-state index in [9.17, 15) is 0 Å². The van der Waals surface area contributed by atoms with Gasteiger partial charge in [-0.1, -0.05) is 0 Å². The summed E-state index contributed by atoms with van der Waals surface area (Å²) in [6, 6.07) is 0. The van der Waals surface area contributed by atoms with E-state index in [1.807, 2.05) is 0 Å². The van der Waals surface area contributed by atoms with Crippen LogP contribution in [0.1, 0.15) is 0 Å². The van der Waals surface area contributed by atoms with E-state index in [-0.39, 0.29) is 60.6 Å². The topological polar surface area (TPSA) is 35.0 Å². The van der Waals surface area contributed by atoms with Crippen LogP contribution in [-0.4, -0.2) is 0 Å². The van der Waals surface area contributed by atoms with Crippen molar-refractivity contribution in [2.24, 2.45) is 0 Å². The molecule has 0 rings (SSSR count). The molecule has 0 aliphatic rings. The van der Waals surface area contributed by atoms with E-state index < -0.39 is 0 Å². The zero-order chi connectivity index (χ0) is 0. The summed E-state index contributed by atoms with van der Waals surface area (Å²) in [7, 11) is 0. The van der Waals surface area contributed by atoms with Crippen LogP contribution >= 0.6 is 0 Å². The smallest absolute Gasteiger partial charge is 1.00 e. The summed E-state index contributed by atoms with van der Waals surface area (Å²) >= 11 is 0. The van der Waals surface area contributed by atoms with Gasteiger partial charge in [0.25, 0.3) is 0 Å². The second-order valence-electron chi connectivity index (χ2n) is 0. The SMILES string of the molecule is F.F.N.[F-].[F-].[F-].[F-].[Zr+4]. The normalized spacial score (nSPS) is 0. The van der Waals surface area contributed by atoms with E-state index in [1.54, 1.807) is 0 Å². The van der Waals surface area contributed by atoms with Crippen LogP contribution in [0.15, 0.2) is 0 Å². The van der Waals surface area contributed by atoms with Crippen LogP contribution in [0.4, 0.5) is 9.41 Å². The summed E-state index contributed by atoms with van der Waals surface area (Å²) in [5.41, 5.74) is 0. The monoisotopic (exact) mass is 223 g/mol. The van der Waals surface area contributed by atoms with Gasteiger partial charge in [0, 0.05) is 0 Å². The Bertz CT molecular complexity index is 8.49. The maximum absolute atomic E-state index is 0. The summed E-state index contributed by atoms with van der Waals surface area (Å²) in [4.78, 5) is 0. The molecule has 0 spiro atoms. The summed E-state index contributed by atoms with van der Waals surface area (Å²) in [5.74, 6) is 0. The quantitative estimate of drug-likeness (QED) is 0.407. The van der Waals surface area contributed by atoms with Crippen molar-refractivity contribution in [1.82, 2.24) is 6.15 Å². The average Bonchev–Trinajstić information content (AvgIpc) is 0. The molecule has 8 heavy (non-hydrogen) atoms. The Morgan fingerprint density at radius 3 is 0.500 bits per heavy atom. The number of hydrogen-bond acceptors (Lipinski definition) is 1. The molecule has 56 valence electrons. The zero-order valence-electron chi connectivity index (χ0n) is 3.54. The predicted molar refractivity (Wildman–Crippen MR) is 10.0 cm³/mol. The molecule has 1 nitrogen and oxygen atoms in total. The van der Waals surface area contributed by atoms with Crippen molar-refractivity contribution < 1.29 is 54.4 Å². The number of halogens is 6. The molecule has 0 saturated carbocycles. The molecule has 0 radical (unpaired) electrons. The Balaban J connectivity index is 0. The minimum Gasteiger partial charge on any atom is -1.00 e. The Labute approximate surface area is 61.1 Å². The van der Waals surface area contributed by atoms with Crippen LogP contribution in [0.5, 0.6) is 0 Å². The first kappa shape index (κ1) is 2590. The van der Waals surface area contributed by atoms with Gasteiger partial charge in [-0.05, 0) is 0 Å². The van der Waals surface area contributed by atoms with Gasteiger partial charge in [-0.3, -0.25) is 9.41 Å². The Hall–Kier alpha value is 0.423. The average molecular weight is 224 g/mol. The van der Waals surface area contributed by atoms with Crippen LogP contribution in [0.25, 0.3) is 0 Å². The standard InChI is InChI=1S/6FH.H3N.Zr/h6*1H;1H3;/q;;;;;;;+4/p-4. The minimum atomic E-state index is 0. The fraction of sp³-hybridized carbons (Fsp3) is 0. The molecule has 0 heterocycles. The van der Waals surface area contributed by atoms with Gasteiger partial charge in [0.1, 0.15) is 0 Å². The molecule has 0 aliphatic carbocycles. The van der Waals surface area contributed by atoms with Crippen LogP contribution < -0.4 is 25.0 Å². The zero-order valence-corrected chi connectivity index (χ0v) is 5.99. The van der Waals surface area contributed by atoms with Crippen LogP contribution in [0.3, 0.4) is 0 Å². The summed E-state index contributed by atoms with van der Waals surface area (Å²) in [6.45, 7) is 0. The first-order chi connectivity index (χ1) is 0. The van der Waals surface area contributed by atoms with E-state index >= 15 is 0 Å². The first-order valence-corrected chi connectivity index (χ1v) is 0. The van der Waals surface area contributed by atoms with E-state index in [0.29, 0.717) is 0 Å².